The molecular weight excluding hydrogens is 492 g/mol. The second kappa shape index (κ2) is 14.6. The monoisotopic (exact) mass is 530 g/mol. The molecule has 2 aliphatic rings. The van der Waals surface area contributed by atoms with E-state index in [2.05, 4.69) is 56.4 Å². The van der Waals surface area contributed by atoms with Gasteiger partial charge in [-0.2, -0.15) is 5.10 Å². The molecule has 1 aromatic heterocycles. The Labute approximate surface area is 230 Å². The molecule has 8 nitrogen and oxygen atoms in total. The van der Waals surface area contributed by atoms with Crippen molar-refractivity contribution in [1.82, 2.24) is 20.0 Å². The van der Waals surface area contributed by atoms with Crippen LogP contribution in [0.3, 0.4) is 0 Å². The van der Waals surface area contributed by atoms with Crippen LogP contribution in [0.2, 0.25) is 0 Å². The first-order valence-corrected chi connectivity index (χ1v) is 13.8. The van der Waals surface area contributed by atoms with E-state index >= 15 is 0 Å². The summed E-state index contributed by atoms with van der Waals surface area (Å²) in [6.45, 7) is 10.4. The molecule has 0 aliphatic carbocycles. The van der Waals surface area contributed by atoms with Crippen LogP contribution in [-0.2, 0) is 9.47 Å². The number of H-pyrrole nitrogens is 1. The fraction of sp³-hybridized carbons (Fsp3) is 0.387. The maximum atomic E-state index is 5.90. The van der Waals surface area contributed by atoms with Crippen LogP contribution in [0.4, 0.5) is 0 Å². The number of hydrogen-bond acceptors (Lipinski definition) is 7. The molecule has 3 aromatic rings. The van der Waals surface area contributed by atoms with Crippen LogP contribution in [0, 0.1) is 0 Å². The highest BCUT2D eigenvalue weighted by Crippen LogP contribution is 2.17. The maximum Gasteiger partial charge on any atom is 0.119 e. The Kier molecular flexibility index (Phi) is 10.2. The second-order valence-electron chi connectivity index (χ2n) is 9.66. The zero-order valence-corrected chi connectivity index (χ0v) is 22.5. The lowest BCUT2D eigenvalue weighted by Gasteiger charge is -2.26. The minimum absolute atomic E-state index is 0.687. The largest absolute Gasteiger partial charge is 0.492 e. The molecule has 0 radical (unpaired) electrons. The Morgan fingerprint density at radius 1 is 0.667 bits per heavy atom. The molecular formula is C31H38N4O4. The highest BCUT2D eigenvalue weighted by atomic mass is 16.5. The lowest BCUT2D eigenvalue weighted by atomic mass is 10.2. The predicted molar refractivity (Wildman–Crippen MR) is 155 cm³/mol. The minimum Gasteiger partial charge on any atom is -0.492 e. The first-order chi connectivity index (χ1) is 19.3. The van der Waals surface area contributed by atoms with E-state index in [1.807, 2.05) is 42.5 Å². The highest BCUT2D eigenvalue weighted by molar-refractivity contribution is 5.72. The van der Waals surface area contributed by atoms with E-state index < -0.39 is 0 Å². The molecule has 206 valence electrons. The van der Waals surface area contributed by atoms with E-state index in [0.29, 0.717) is 13.2 Å². The number of morpholine rings is 2. The number of hydrogen-bond donors (Lipinski definition) is 1. The lowest BCUT2D eigenvalue weighted by molar-refractivity contribution is 0.0321. The van der Waals surface area contributed by atoms with Crippen LogP contribution in [0.25, 0.3) is 24.3 Å². The molecule has 2 aromatic carbocycles. The van der Waals surface area contributed by atoms with Crippen molar-refractivity contribution in [2.24, 2.45) is 0 Å². The topological polar surface area (TPSA) is 72.1 Å². The van der Waals surface area contributed by atoms with Crippen molar-refractivity contribution in [3.8, 4) is 11.5 Å². The molecule has 2 saturated heterocycles. The van der Waals surface area contributed by atoms with Crippen molar-refractivity contribution in [2.75, 3.05) is 78.9 Å². The van der Waals surface area contributed by atoms with Gasteiger partial charge in [-0.15, -0.1) is 0 Å². The van der Waals surface area contributed by atoms with Gasteiger partial charge in [0.15, 0.2) is 0 Å². The van der Waals surface area contributed by atoms with E-state index in [1.54, 1.807) is 0 Å². The average Bonchev–Trinajstić information content (AvgIpc) is 3.45. The number of aromatic amines is 1. The summed E-state index contributed by atoms with van der Waals surface area (Å²) in [5.74, 6) is 1.78. The third-order valence-electron chi connectivity index (χ3n) is 6.84. The molecule has 2 fully saturated rings. The van der Waals surface area contributed by atoms with Crippen molar-refractivity contribution in [1.29, 1.82) is 0 Å². The molecule has 5 rings (SSSR count). The van der Waals surface area contributed by atoms with Gasteiger partial charge in [0.1, 0.15) is 24.7 Å². The number of ether oxygens (including phenoxy) is 4. The van der Waals surface area contributed by atoms with Gasteiger partial charge in [0, 0.05) is 39.3 Å². The molecule has 1 N–H and O–H groups in total. The summed E-state index contributed by atoms with van der Waals surface area (Å²) in [5, 5.41) is 7.48. The molecule has 0 spiro atoms. The van der Waals surface area contributed by atoms with E-state index in [0.717, 1.165) is 99.7 Å². The summed E-state index contributed by atoms with van der Waals surface area (Å²) in [4.78, 5) is 4.74. The van der Waals surface area contributed by atoms with Gasteiger partial charge >= 0.3 is 0 Å². The van der Waals surface area contributed by atoms with Gasteiger partial charge in [-0.3, -0.25) is 14.9 Å². The first kappa shape index (κ1) is 27.1. The van der Waals surface area contributed by atoms with Crippen LogP contribution >= 0.6 is 0 Å². The van der Waals surface area contributed by atoms with Crippen molar-refractivity contribution in [2.45, 2.75) is 0 Å². The zero-order valence-electron chi connectivity index (χ0n) is 22.5. The average molecular weight is 531 g/mol. The predicted octanol–water partition coefficient (Wildman–Crippen LogP) is 4.17. The van der Waals surface area contributed by atoms with E-state index in [9.17, 15) is 0 Å². The third kappa shape index (κ3) is 9.07. The van der Waals surface area contributed by atoms with Crippen molar-refractivity contribution >= 4 is 24.3 Å². The Bertz CT molecular complexity index is 1090. The summed E-state index contributed by atoms with van der Waals surface area (Å²) in [6.07, 6.45) is 8.15. The van der Waals surface area contributed by atoms with Crippen LogP contribution in [-0.4, -0.2) is 98.9 Å². The summed E-state index contributed by atoms with van der Waals surface area (Å²) < 4.78 is 22.6. The number of nitrogens with one attached hydrogen (secondary N) is 1. The SMILES string of the molecule is C(=Cc1cc(C=Cc2ccc(OCCN3CCOCC3)cc2)[nH]n1)c1ccc(OCCN2CCOCC2)cc1. The quantitative estimate of drug-likeness (QED) is 0.377. The Morgan fingerprint density at radius 2 is 1.15 bits per heavy atom. The van der Waals surface area contributed by atoms with E-state index in [-0.39, 0.29) is 0 Å². The Balaban J connectivity index is 1.04. The molecule has 0 unspecified atom stereocenters. The van der Waals surface area contributed by atoms with E-state index in [4.69, 9.17) is 18.9 Å². The summed E-state index contributed by atoms with van der Waals surface area (Å²) in [5.41, 5.74) is 4.03. The van der Waals surface area contributed by atoms with Gasteiger partial charge in [-0.1, -0.05) is 36.4 Å². The van der Waals surface area contributed by atoms with Gasteiger partial charge in [0.25, 0.3) is 0 Å². The third-order valence-corrected chi connectivity index (χ3v) is 6.84. The van der Waals surface area contributed by atoms with Crippen molar-refractivity contribution < 1.29 is 18.9 Å². The lowest BCUT2D eigenvalue weighted by Crippen LogP contribution is -2.38. The number of nitrogens with zero attached hydrogens (tertiary/aromatic N) is 3. The molecule has 39 heavy (non-hydrogen) atoms. The molecule has 8 heteroatoms. The highest BCUT2D eigenvalue weighted by Gasteiger charge is 2.10. The maximum absolute atomic E-state index is 5.90. The van der Waals surface area contributed by atoms with Crippen LogP contribution in [0.5, 0.6) is 11.5 Å². The molecule has 0 atom stereocenters. The van der Waals surface area contributed by atoms with E-state index in [1.165, 1.54) is 0 Å². The van der Waals surface area contributed by atoms with Crippen LogP contribution in [0.15, 0.2) is 54.6 Å². The van der Waals surface area contributed by atoms with Gasteiger partial charge in [-0.25, -0.2) is 0 Å². The van der Waals surface area contributed by atoms with Crippen molar-refractivity contribution in [3.05, 3.63) is 77.1 Å². The molecule has 0 amide bonds. The summed E-state index contributed by atoms with van der Waals surface area (Å²) in [6, 6.07) is 18.3. The smallest absolute Gasteiger partial charge is 0.119 e. The van der Waals surface area contributed by atoms with Crippen LogP contribution < -0.4 is 9.47 Å². The number of benzene rings is 2. The minimum atomic E-state index is 0.687. The fourth-order valence-corrected chi connectivity index (χ4v) is 4.48. The first-order valence-electron chi connectivity index (χ1n) is 13.8. The summed E-state index contributed by atoms with van der Waals surface area (Å²) >= 11 is 0. The second-order valence-corrected chi connectivity index (χ2v) is 9.66. The number of aromatic nitrogens is 2. The molecule has 0 bridgehead atoms. The molecule has 3 heterocycles. The molecule has 0 saturated carbocycles. The normalized spacial score (nSPS) is 17.2. The fourth-order valence-electron chi connectivity index (χ4n) is 4.48. The van der Waals surface area contributed by atoms with Gasteiger partial charge in [0.05, 0.1) is 37.8 Å². The summed E-state index contributed by atoms with van der Waals surface area (Å²) in [7, 11) is 0. The van der Waals surface area contributed by atoms with Crippen LogP contribution in [0.1, 0.15) is 22.5 Å². The van der Waals surface area contributed by atoms with Gasteiger partial charge in [0.2, 0.25) is 0 Å². The van der Waals surface area contributed by atoms with Crippen molar-refractivity contribution in [3.63, 3.8) is 0 Å². The van der Waals surface area contributed by atoms with Gasteiger partial charge in [-0.05, 0) is 53.6 Å². The molecule has 2 aliphatic heterocycles. The standard InChI is InChI=1S/C31H38N4O4/c1(26-3-9-30(10-4-26)38-23-17-34-13-19-36-20-14-34)7-28-25-29(33-32-28)8-2-27-5-11-31(12-6-27)39-24-18-35-15-21-37-22-16-35/h1-12,25H,13-24H2,(H,32,33). The number of rotatable bonds is 12. The van der Waals surface area contributed by atoms with Gasteiger partial charge < -0.3 is 18.9 Å². The Morgan fingerprint density at radius 3 is 1.67 bits per heavy atom. The zero-order chi connectivity index (χ0) is 26.5. The Hall–Kier alpha value is -3.43.